The summed E-state index contributed by atoms with van der Waals surface area (Å²) in [6.07, 6.45) is 1.04. The molecule has 0 aromatic carbocycles. The average Bonchev–Trinajstić information content (AvgIpc) is 2.27. The Hall–Kier alpha value is -0.170. The van der Waals surface area contributed by atoms with Crippen molar-refractivity contribution in [2.45, 2.75) is 33.2 Å². The zero-order valence-corrected chi connectivity index (χ0v) is 12.0. The van der Waals surface area contributed by atoms with Crippen LogP contribution in [0.1, 0.15) is 27.2 Å². The van der Waals surface area contributed by atoms with Crippen LogP contribution in [-0.4, -0.2) is 45.4 Å². The van der Waals surface area contributed by atoms with Gasteiger partial charge in [0.1, 0.15) is 0 Å². The molecule has 17 heavy (non-hydrogen) atoms. The average molecular weight is 263 g/mol. The Morgan fingerprint density at radius 1 is 1.47 bits per heavy atom. The summed E-state index contributed by atoms with van der Waals surface area (Å²) in [4.78, 5) is 0. The lowest BCUT2D eigenvalue weighted by Crippen LogP contribution is -2.46. The van der Waals surface area contributed by atoms with Crippen molar-refractivity contribution in [1.29, 1.82) is 0 Å². The predicted molar refractivity (Wildman–Crippen MR) is 70.0 cm³/mol. The van der Waals surface area contributed by atoms with E-state index in [1.54, 1.807) is 7.05 Å². The van der Waals surface area contributed by atoms with Crippen molar-refractivity contribution < 1.29 is 8.42 Å². The molecule has 6 heteroatoms. The molecular formula is C11H25N3O2S. The summed E-state index contributed by atoms with van der Waals surface area (Å²) >= 11 is 0. The van der Waals surface area contributed by atoms with Gasteiger partial charge in [-0.25, -0.2) is 4.72 Å². The van der Waals surface area contributed by atoms with E-state index in [0.717, 1.165) is 19.5 Å². The highest BCUT2D eigenvalue weighted by atomic mass is 32.2. The van der Waals surface area contributed by atoms with Crippen molar-refractivity contribution in [3.05, 3.63) is 0 Å². The number of hydrogen-bond acceptors (Lipinski definition) is 3. The van der Waals surface area contributed by atoms with E-state index in [2.05, 4.69) is 17.0 Å². The summed E-state index contributed by atoms with van der Waals surface area (Å²) in [6.45, 7) is 8.40. The second-order valence-corrected chi connectivity index (χ2v) is 7.01. The summed E-state index contributed by atoms with van der Waals surface area (Å²) in [5.41, 5.74) is 0. The quantitative estimate of drug-likeness (QED) is 0.755. The summed E-state index contributed by atoms with van der Waals surface area (Å²) in [5, 5.41) is 3.31. The zero-order chi connectivity index (χ0) is 13.1. The second-order valence-electron chi connectivity index (χ2n) is 5.19. The van der Waals surface area contributed by atoms with Gasteiger partial charge in [0.25, 0.3) is 10.2 Å². The first-order valence-electron chi connectivity index (χ1n) is 6.28. The Morgan fingerprint density at radius 3 is 2.65 bits per heavy atom. The highest BCUT2D eigenvalue weighted by Crippen LogP contribution is 2.18. The van der Waals surface area contributed by atoms with Crippen molar-refractivity contribution in [3.63, 3.8) is 0 Å². The van der Waals surface area contributed by atoms with E-state index in [4.69, 9.17) is 0 Å². The van der Waals surface area contributed by atoms with Crippen molar-refractivity contribution in [2.24, 2.45) is 11.8 Å². The Balaban J connectivity index is 2.49. The molecule has 1 saturated heterocycles. The van der Waals surface area contributed by atoms with Gasteiger partial charge in [0.15, 0.2) is 0 Å². The van der Waals surface area contributed by atoms with Gasteiger partial charge in [0.2, 0.25) is 0 Å². The molecule has 1 fully saturated rings. The SMILES string of the molecule is CC1CNCCC1CNS(=O)(=O)N(C)C(C)C. The Labute approximate surface area is 105 Å². The van der Waals surface area contributed by atoms with Crippen LogP contribution >= 0.6 is 0 Å². The van der Waals surface area contributed by atoms with Gasteiger partial charge in [-0.15, -0.1) is 0 Å². The zero-order valence-electron chi connectivity index (χ0n) is 11.2. The maximum Gasteiger partial charge on any atom is 0.279 e. The summed E-state index contributed by atoms with van der Waals surface area (Å²) in [5.74, 6) is 0.961. The van der Waals surface area contributed by atoms with Crippen LogP contribution in [0.5, 0.6) is 0 Å². The molecule has 0 spiro atoms. The van der Waals surface area contributed by atoms with E-state index >= 15 is 0 Å². The van der Waals surface area contributed by atoms with Crippen LogP contribution in [0.4, 0.5) is 0 Å². The summed E-state index contributed by atoms with van der Waals surface area (Å²) < 4.78 is 27.9. The topological polar surface area (TPSA) is 61.4 Å². The maximum atomic E-state index is 11.9. The molecule has 1 aliphatic rings. The molecule has 0 aromatic heterocycles. The normalized spacial score (nSPS) is 26.7. The summed E-state index contributed by atoms with van der Waals surface area (Å²) in [7, 11) is -1.71. The first-order chi connectivity index (χ1) is 7.84. The van der Waals surface area contributed by atoms with E-state index in [1.807, 2.05) is 13.8 Å². The first-order valence-corrected chi connectivity index (χ1v) is 7.72. The molecule has 2 atom stereocenters. The van der Waals surface area contributed by atoms with E-state index in [9.17, 15) is 8.42 Å². The monoisotopic (exact) mass is 263 g/mol. The van der Waals surface area contributed by atoms with Crippen LogP contribution in [0.25, 0.3) is 0 Å². The molecule has 0 bridgehead atoms. The maximum absolute atomic E-state index is 11.9. The molecule has 1 heterocycles. The third-order valence-electron chi connectivity index (χ3n) is 3.60. The highest BCUT2D eigenvalue weighted by Gasteiger charge is 2.25. The van der Waals surface area contributed by atoms with Crippen LogP contribution in [0, 0.1) is 11.8 Å². The minimum absolute atomic E-state index is 0.0158. The van der Waals surface area contributed by atoms with Crippen molar-refractivity contribution in [3.8, 4) is 0 Å². The minimum atomic E-state index is -3.32. The van der Waals surface area contributed by atoms with Crippen LogP contribution < -0.4 is 10.0 Å². The fourth-order valence-corrected chi connectivity index (χ4v) is 3.15. The number of rotatable bonds is 5. The minimum Gasteiger partial charge on any atom is -0.316 e. The van der Waals surface area contributed by atoms with Gasteiger partial charge in [-0.05, 0) is 45.2 Å². The van der Waals surface area contributed by atoms with Gasteiger partial charge in [0.05, 0.1) is 0 Å². The lowest BCUT2D eigenvalue weighted by molar-refractivity contribution is 0.272. The van der Waals surface area contributed by atoms with Crippen LogP contribution in [0.3, 0.4) is 0 Å². The standard InChI is InChI=1S/C11H25N3O2S/c1-9(2)14(4)17(15,16)13-8-11-5-6-12-7-10(11)3/h9-13H,5-8H2,1-4H3. The van der Waals surface area contributed by atoms with Crippen molar-refractivity contribution in [2.75, 3.05) is 26.7 Å². The fraction of sp³-hybridized carbons (Fsp3) is 1.00. The molecule has 5 nitrogen and oxygen atoms in total. The molecule has 2 N–H and O–H groups in total. The molecular weight excluding hydrogens is 238 g/mol. The third-order valence-corrected chi connectivity index (χ3v) is 5.31. The molecule has 0 aliphatic carbocycles. The van der Waals surface area contributed by atoms with E-state index < -0.39 is 10.2 Å². The molecule has 0 amide bonds. The van der Waals surface area contributed by atoms with Gasteiger partial charge >= 0.3 is 0 Å². The van der Waals surface area contributed by atoms with Gasteiger partial charge in [0, 0.05) is 19.6 Å². The largest absolute Gasteiger partial charge is 0.316 e. The second kappa shape index (κ2) is 6.13. The van der Waals surface area contributed by atoms with Gasteiger partial charge < -0.3 is 5.32 Å². The summed E-state index contributed by atoms with van der Waals surface area (Å²) in [6, 6.07) is -0.0158. The smallest absolute Gasteiger partial charge is 0.279 e. The molecule has 0 aromatic rings. The Bertz CT molecular complexity index is 330. The first kappa shape index (κ1) is 14.9. The van der Waals surface area contributed by atoms with E-state index in [1.165, 1.54) is 4.31 Å². The van der Waals surface area contributed by atoms with Crippen LogP contribution in [0.2, 0.25) is 0 Å². The molecule has 1 aliphatic heterocycles. The number of nitrogens with one attached hydrogen (secondary N) is 2. The fourth-order valence-electron chi connectivity index (χ4n) is 1.96. The number of piperidine rings is 1. The Kier molecular flexibility index (Phi) is 5.37. The van der Waals surface area contributed by atoms with Gasteiger partial charge in [-0.2, -0.15) is 12.7 Å². The van der Waals surface area contributed by atoms with Gasteiger partial charge in [-0.1, -0.05) is 6.92 Å². The van der Waals surface area contributed by atoms with E-state index in [-0.39, 0.29) is 6.04 Å². The molecule has 1 rings (SSSR count). The van der Waals surface area contributed by atoms with Crippen molar-refractivity contribution >= 4 is 10.2 Å². The Morgan fingerprint density at radius 2 is 2.12 bits per heavy atom. The molecule has 2 unspecified atom stereocenters. The lowest BCUT2D eigenvalue weighted by atomic mass is 9.88. The lowest BCUT2D eigenvalue weighted by Gasteiger charge is -2.30. The molecule has 102 valence electrons. The highest BCUT2D eigenvalue weighted by molar-refractivity contribution is 7.87. The number of hydrogen-bond donors (Lipinski definition) is 2. The third kappa shape index (κ3) is 4.21. The molecule has 0 saturated carbocycles. The van der Waals surface area contributed by atoms with Crippen LogP contribution in [0.15, 0.2) is 0 Å². The van der Waals surface area contributed by atoms with Gasteiger partial charge in [-0.3, -0.25) is 0 Å². The number of nitrogens with zero attached hydrogens (tertiary/aromatic N) is 1. The van der Waals surface area contributed by atoms with Crippen molar-refractivity contribution in [1.82, 2.24) is 14.3 Å². The molecule has 0 radical (unpaired) electrons. The van der Waals surface area contributed by atoms with E-state index in [0.29, 0.717) is 18.4 Å². The van der Waals surface area contributed by atoms with Crippen LogP contribution in [-0.2, 0) is 10.2 Å². The predicted octanol–water partition coefficient (Wildman–Crippen LogP) is 0.407.